The van der Waals surface area contributed by atoms with E-state index >= 15 is 0 Å². The lowest BCUT2D eigenvalue weighted by atomic mass is 10.0. The van der Waals surface area contributed by atoms with E-state index in [1.54, 1.807) is 12.1 Å². The fourth-order valence-corrected chi connectivity index (χ4v) is 10.2. The number of imide groups is 1. The highest BCUT2D eigenvalue weighted by Crippen LogP contribution is 2.36. The first-order valence-corrected chi connectivity index (χ1v) is 21.8. The Bertz CT molecular complexity index is 2460. The van der Waals surface area contributed by atoms with Gasteiger partial charge >= 0.3 is 0 Å². The van der Waals surface area contributed by atoms with E-state index in [1.807, 2.05) is 53.2 Å². The number of hydrogen-bond acceptors (Lipinski definition) is 11. The van der Waals surface area contributed by atoms with Crippen molar-refractivity contribution in [1.29, 1.82) is 0 Å². The number of phenols is 1. The predicted octanol–water partition coefficient (Wildman–Crippen LogP) is 4.32. The summed E-state index contributed by atoms with van der Waals surface area (Å²) in [7, 11) is 1.90. The normalized spacial score (nSPS) is 22.3. The quantitative estimate of drug-likeness (QED) is 0.154. The van der Waals surface area contributed by atoms with Crippen molar-refractivity contribution in [3.8, 4) is 22.8 Å². The molecule has 3 aromatic carbocycles. The number of nitrogen functional groups attached to an aromatic ring is 1. The van der Waals surface area contributed by atoms with Crippen LogP contribution in [0.3, 0.4) is 0 Å². The Balaban J connectivity index is 0.788. The number of nitrogens with one attached hydrogen (secondary N) is 1. The molecule has 5 aliphatic heterocycles. The van der Waals surface area contributed by atoms with Gasteiger partial charge in [0.15, 0.2) is 29.3 Å². The maximum atomic E-state index is 13.7. The number of ether oxygens (including phenoxy) is 1. The molecule has 3 amide bonds. The second-order valence-electron chi connectivity index (χ2n) is 17.4. The SMILES string of the molecule is CC1=[N+](c2cccc(N(C)C3CCC(=O)NC3=O)c2)[C@H](C)CN(CC(=O)N2CCC(Oc3cccc([N+]4=C5CC[C@@H]4CN(c4cc(-c6ccccc6O)nnc4N)C5)c3)CC2)C1. The molecule has 4 N–H and O–H groups in total. The van der Waals surface area contributed by atoms with E-state index in [2.05, 4.69) is 78.6 Å². The molecular formula is C47H56N10O5+2. The smallest absolute Gasteiger partial charge is 0.249 e. The number of carbonyl (C=O) groups excluding carboxylic acids is 3. The summed E-state index contributed by atoms with van der Waals surface area (Å²) in [5.41, 5.74) is 14.0. The summed E-state index contributed by atoms with van der Waals surface area (Å²) < 4.78 is 11.4. The zero-order valence-corrected chi connectivity index (χ0v) is 35.7. The third-order valence-corrected chi connectivity index (χ3v) is 13.2. The lowest BCUT2D eigenvalue weighted by Crippen LogP contribution is -2.52. The lowest BCUT2D eigenvalue weighted by Gasteiger charge is -2.35. The molecule has 4 aromatic rings. The third kappa shape index (κ3) is 8.33. The molecule has 3 atom stereocenters. The second-order valence-corrected chi connectivity index (χ2v) is 17.4. The van der Waals surface area contributed by atoms with E-state index in [0.717, 1.165) is 79.5 Å². The largest absolute Gasteiger partial charge is 0.507 e. The van der Waals surface area contributed by atoms with Crippen molar-refractivity contribution >= 4 is 57.7 Å². The van der Waals surface area contributed by atoms with Crippen LogP contribution in [0, 0.1) is 0 Å². The monoisotopic (exact) mass is 840 g/mol. The molecule has 0 spiro atoms. The van der Waals surface area contributed by atoms with Crippen LogP contribution in [0.15, 0.2) is 78.9 Å². The van der Waals surface area contributed by atoms with Gasteiger partial charge in [0.05, 0.1) is 50.2 Å². The van der Waals surface area contributed by atoms with Crippen LogP contribution in [0.2, 0.25) is 0 Å². The summed E-state index contributed by atoms with van der Waals surface area (Å²) in [5.74, 6) is 1.05. The minimum absolute atomic E-state index is 0.0277. The van der Waals surface area contributed by atoms with E-state index in [9.17, 15) is 19.5 Å². The van der Waals surface area contributed by atoms with Crippen molar-refractivity contribution < 1.29 is 33.4 Å². The number of likely N-dealkylation sites (N-methyl/N-ethyl adjacent to an activating group) is 1. The molecule has 0 saturated carbocycles. The molecule has 322 valence electrons. The fraction of sp³-hybridized carbons (Fsp3) is 0.426. The standard InChI is InChI=1S/C47H54N10O5/c1-30-25-53(26-31(2)56(30)33-9-6-8-32(22-33)52(3)41-16-17-44(59)49-47(41)61)29-45(60)54-20-18-37(19-21-54)62-38-11-7-10-34(23-38)57-35-14-15-36(57)28-55(27-35)42-24-40(50-51-46(42)48)39-12-4-5-13-43(39)58/h4-13,22-24,30,35,37,41H,14-21,25-29H2,1-3H3,(H2-2,48,49,50,51,58,59,61)/p+2/t30-,35-,41?/m1/s1. The third-order valence-electron chi connectivity index (χ3n) is 13.2. The highest BCUT2D eigenvalue weighted by molar-refractivity contribution is 6.01. The number of piperidine rings is 2. The Hall–Kier alpha value is -6.35. The number of nitrogens with two attached hydrogens (primary N) is 1. The number of benzene rings is 3. The average Bonchev–Trinajstić information content (AvgIpc) is 3.52. The molecule has 5 aliphatic rings. The minimum Gasteiger partial charge on any atom is -0.507 e. The Morgan fingerprint density at radius 3 is 2.45 bits per heavy atom. The first-order chi connectivity index (χ1) is 30.0. The van der Waals surface area contributed by atoms with Gasteiger partial charge in [-0.15, -0.1) is 10.2 Å². The van der Waals surface area contributed by atoms with Crippen molar-refractivity contribution in [2.75, 3.05) is 68.4 Å². The summed E-state index contributed by atoms with van der Waals surface area (Å²) in [6.07, 6.45) is 4.44. The first kappa shape index (κ1) is 41.0. The number of hydrogen-bond donors (Lipinski definition) is 3. The molecule has 1 unspecified atom stereocenters. The Morgan fingerprint density at radius 1 is 0.919 bits per heavy atom. The molecule has 0 aliphatic carbocycles. The molecule has 9 rings (SSSR count). The van der Waals surface area contributed by atoms with E-state index in [-0.39, 0.29) is 41.7 Å². The zero-order chi connectivity index (χ0) is 43.1. The Morgan fingerprint density at radius 2 is 1.69 bits per heavy atom. The number of nitrogens with zero attached hydrogens (tertiary/aromatic N) is 8. The number of rotatable bonds is 10. The molecule has 1 aromatic heterocycles. The number of para-hydroxylation sites is 1. The summed E-state index contributed by atoms with van der Waals surface area (Å²) >= 11 is 0. The van der Waals surface area contributed by atoms with Gasteiger partial charge in [-0.2, -0.15) is 9.15 Å². The van der Waals surface area contributed by atoms with Crippen molar-refractivity contribution in [3.05, 3.63) is 78.9 Å². The van der Waals surface area contributed by atoms with Crippen LogP contribution in [0.5, 0.6) is 11.5 Å². The molecule has 15 nitrogen and oxygen atoms in total. The molecule has 0 radical (unpaired) electrons. The van der Waals surface area contributed by atoms with Gasteiger partial charge < -0.3 is 30.3 Å². The van der Waals surface area contributed by atoms with E-state index in [0.29, 0.717) is 56.1 Å². The van der Waals surface area contributed by atoms with Gasteiger partial charge in [-0.05, 0) is 43.7 Å². The summed E-state index contributed by atoms with van der Waals surface area (Å²) in [6.45, 7) is 8.93. The molecule has 2 bridgehead atoms. The van der Waals surface area contributed by atoms with Gasteiger partial charge in [0.2, 0.25) is 29.1 Å². The van der Waals surface area contributed by atoms with E-state index < -0.39 is 6.04 Å². The van der Waals surface area contributed by atoms with Crippen LogP contribution in [0.4, 0.5) is 28.6 Å². The van der Waals surface area contributed by atoms with Crippen molar-refractivity contribution in [1.82, 2.24) is 25.3 Å². The van der Waals surface area contributed by atoms with Gasteiger partial charge in [-0.25, -0.2) is 0 Å². The summed E-state index contributed by atoms with van der Waals surface area (Å²) in [6, 6.07) is 25.7. The summed E-state index contributed by atoms with van der Waals surface area (Å²) in [5, 5.41) is 21.4. The van der Waals surface area contributed by atoms with Crippen LogP contribution in [0.1, 0.15) is 52.4 Å². The van der Waals surface area contributed by atoms with Crippen molar-refractivity contribution in [2.45, 2.75) is 76.6 Å². The van der Waals surface area contributed by atoms with Crippen LogP contribution in [0.25, 0.3) is 11.3 Å². The molecule has 2 fully saturated rings. The number of anilines is 3. The number of amides is 3. The molecule has 62 heavy (non-hydrogen) atoms. The minimum atomic E-state index is -0.392. The predicted molar refractivity (Wildman–Crippen MR) is 238 cm³/mol. The number of fused-ring (bicyclic) bond motifs is 1. The zero-order valence-electron chi connectivity index (χ0n) is 35.7. The van der Waals surface area contributed by atoms with Crippen molar-refractivity contribution in [2.24, 2.45) is 0 Å². The van der Waals surface area contributed by atoms with Crippen LogP contribution >= 0.6 is 0 Å². The van der Waals surface area contributed by atoms with Crippen LogP contribution in [-0.2, 0) is 14.4 Å². The number of aromatic nitrogens is 2. The van der Waals surface area contributed by atoms with E-state index in [1.165, 1.54) is 5.71 Å². The maximum absolute atomic E-state index is 13.7. The number of aromatic hydroxyl groups is 1. The number of likely N-dealkylation sites (tertiary alicyclic amines) is 1. The number of phenolic OH excluding ortho intramolecular Hbond substituents is 1. The second kappa shape index (κ2) is 17.2. The Kier molecular flexibility index (Phi) is 11.4. The summed E-state index contributed by atoms with van der Waals surface area (Å²) in [4.78, 5) is 46.4. The first-order valence-electron chi connectivity index (χ1n) is 21.8. The molecule has 2 saturated heterocycles. The van der Waals surface area contributed by atoms with Gasteiger partial charge in [-0.1, -0.05) is 24.3 Å². The van der Waals surface area contributed by atoms with Crippen molar-refractivity contribution in [3.63, 3.8) is 0 Å². The molecule has 6 heterocycles. The lowest BCUT2D eigenvalue weighted by molar-refractivity contribution is -0.489. The highest BCUT2D eigenvalue weighted by Gasteiger charge is 2.42. The Labute approximate surface area is 362 Å². The van der Waals surface area contributed by atoms with Crippen LogP contribution in [-0.4, -0.2) is 140 Å². The maximum Gasteiger partial charge on any atom is 0.249 e. The van der Waals surface area contributed by atoms with Gasteiger partial charge in [0.1, 0.15) is 23.6 Å². The van der Waals surface area contributed by atoms with E-state index in [4.69, 9.17) is 10.5 Å². The topological polar surface area (TPSA) is 163 Å². The van der Waals surface area contributed by atoms with Gasteiger partial charge in [0.25, 0.3) is 0 Å². The van der Waals surface area contributed by atoms with Crippen LogP contribution < -0.4 is 25.6 Å². The number of carbonyl (C=O) groups is 3. The molecule has 15 heteroatoms. The fourth-order valence-electron chi connectivity index (χ4n) is 10.2. The van der Waals surface area contributed by atoms with Gasteiger partial charge in [-0.3, -0.25) is 24.6 Å². The van der Waals surface area contributed by atoms with Gasteiger partial charge in [0, 0.05) is 88.6 Å². The molecular weight excluding hydrogens is 785 g/mol. The average molecular weight is 841 g/mol. The highest BCUT2D eigenvalue weighted by atomic mass is 16.5.